The van der Waals surface area contributed by atoms with E-state index in [4.69, 9.17) is 17.0 Å². The van der Waals surface area contributed by atoms with Gasteiger partial charge in [-0.3, -0.25) is 0 Å². The van der Waals surface area contributed by atoms with E-state index in [0.29, 0.717) is 21.4 Å². The highest BCUT2D eigenvalue weighted by molar-refractivity contribution is 9.10. The van der Waals surface area contributed by atoms with Crippen LogP contribution in [0.5, 0.6) is 0 Å². The maximum atomic E-state index is 13.6. The van der Waals surface area contributed by atoms with Crippen molar-refractivity contribution in [2.24, 2.45) is 0 Å². The lowest BCUT2D eigenvalue weighted by Gasteiger charge is -2.30. The summed E-state index contributed by atoms with van der Waals surface area (Å²) in [5.74, 6) is -0.295. The third-order valence-corrected chi connectivity index (χ3v) is 4.98. The van der Waals surface area contributed by atoms with Gasteiger partial charge >= 0.3 is 0 Å². The van der Waals surface area contributed by atoms with Gasteiger partial charge in [0.15, 0.2) is 4.77 Å². The number of aromatic nitrogens is 2. The maximum Gasteiger partial charge on any atom is 0.178 e. The first-order valence-corrected chi connectivity index (χ1v) is 7.35. The monoisotopic (exact) mass is 344 g/mol. The molecule has 3 rings (SSSR count). The number of benzene rings is 1. The van der Waals surface area contributed by atoms with Crippen molar-refractivity contribution in [3.63, 3.8) is 0 Å². The summed E-state index contributed by atoms with van der Waals surface area (Å²) >= 11 is 8.65. The van der Waals surface area contributed by atoms with E-state index < -0.39 is 0 Å². The number of rotatable bonds is 1. The molecule has 1 fully saturated rings. The van der Waals surface area contributed by atoms with Gasteiger partial charge in [0.05, 0.1) is 27.1 Å². The smallest absolute Gasteiger partial charge is 0.178 e. The molecule has 102 valence electrons. The SMILES string of the molecule is CC1OCCC1(C)n1c(=S)[nH]c2cc(F)c(Br)cc21. The number of nitrogens with zero attached hydrogens (tertiary/aromatic N) is 1. The summed E-state index contributed by atoms with van der Waals surface area (Å²) < 4.78 is 22.4. The van der Waals surface area contributed by atoms with Crippen LogP contribution in [0, 0.1) is 10.6 Å². The first-order chi connectivity index (χ1) is 8.93. The highest BCUT2D eigenvalue weighted by Crippen LogP contribution is 2.37. The van der Waals surface area contributed by atoms with Gasteiger partial charge in [-0.1, -0.05) is 0 Å². The normalized spacial score (nSPS) is 27.3. The van der Waals surface area contributed by atoms with Crippen LogP contribution >= 0.6 is 28.1 Å². The number of fused-ring (bicyclic) bond motifs is 1. The molecule has 1 saturated heterocycles. The molecule has 0 aliphatic carbocycles. The highest BCUT2D eigenvalue weighted by atomic mass is 79.9. The van der Waals surface area contributed by atoms with Crippen molar-refractivity contribution in [2.75, 3.05) is 6.61 Å². The molecule has 2 atom stereocenters. The van der Waals surface area contributed by atoms with Crippen molar-refractivity contribution < 1.29 is 9.13 Å². The maximum absolute atomic E-state index is 13.6. The van der Waals surface area contributed by atoms with E-state index in [2.05, 4.69) is 32.4 Å². The minimum atomic E-state index is -0.295. The molecule has 0 spiro atoms. The molecule has 1 aliphatic heterocycles. The van der Waals surface area contributed by atoms with Crippen LogP contribution in [0.3, 0.4) is 0 Å². The third kappa shape index (κ3) is 1.88. The van der Waals surface area contributed by atoms with E-state index in [1.165, 1.54) is 6.07 Å². The van der Waals surface area contributed by atoms with Crippen LogP contribution in [0.1, 0.15) is 20.3 Å². The minimum Gasteiger partial charge on any atom is -0.376 e. The van der Waals surface area contributed by atoms with Crippen LogP contribution in [0.25, 0.3) is 11.0 Å². The Kier molecular flexibility index (Phi) is 3.07. The molecule has 1 aromatic heterocycles. The van der Waals surface area contributed by atoms with Gasteiger partial charge in [0.2, 0.25) is 0 Å². The molecule has 2 unspecified atom stereocenters. The third-order valence-electron chi connectivity index (χ3n) is 4.09. The van der Waals surface area contributed by atoms with E-state index >= 15 is 0 Å². The predicted octanol–water partition coefficient (Wildman–Crippen LogP) is 4.12. The fourth-order valence-electron chi connectivity index (χ4n) is 2.73. The van der Waals surface area contributed by atoms with Crippen molar-refractivity contribution in [3.8, 4) is 0 Å². The fourth-order valence-corrected chi connectivity index (χ4v) is 3.48. The Morgan fingerprint density at radius 2 is 2.32 bits per heavy atom. The molecule has 6 heteroatoms. The summed E-state index contributed by atoms with van der Waals surface area (Å²) in [6.45, 7) is 4.89. The van der Waals surface area contributed by atoms with Crippen molar-refractivity contribution in [1.29, 1.82) is 0 Å². The van der Waals surface area contributed by atoms with Crippen molar-refractivity contribution in [2.45, 2.75) is 31.9 Å². The topological polar surface area (TPSA) is 29.9 Å². The van der Waals surface area contributed by atoms with Crippen LogP contribution in [0.15, 0.2) is 16.6 Å². The van der Waals surface area contributed by atoms with Crippen molar-refractivity contribution in [3.05, 3.63) is 27.2 Å². The second-order valence-electron chi connectivity index (χ2n) is 5.17. The van der Waals surface area contributed by atoms with Crippen molar-refractivity contribution >= 4 is 39.2 Å². The molecule has 1 N–H and O–H groups in total. The van der Waals surface area contributed by atoms with Gasteiger partial charge in [0.25, 0.3) is 0 Å². The van der Waals surface area contributed by atoms with E-state index in [0.717, 1.165) is 11.9 Å². The van der Waals surface area contributed by atoms with Crippen LogP contribution in [0.4, 0.5) is 4.39 Å². The zero-order valence-electron chi connectivity index (χ0n) is 10.7. The van der Waals surface area contributed by atoms with E-state index in [-0.39, 0.29) is 17.5 Å². The van der Waals surface area contributed by atoms with Gasteiger partial charge in [-0.2, -0.15) is 0 Å². The Hall–Kier alpha value is -0.720. The number of aromatic amines is 1. The molecule has 1 aliphatic rings. The number of hydrogen-bond acceptors (Lipinski definition) is 2. The molecule has 19 heavy (non-hydrogen) atoms. The highest BCUT2D eigenvalue weighted by Gasteiger charge is 2.40. The molecular weight excluding hydrogens is 331 g/mol. The Morgan fingerprint density at radius 3 is 2.95 bits per heavy atom. The Bertz CT molecular complexity index is 710. The lowest BCUT2D eigenvalue weighted by atomic mass is 9.94. The Balaban J connectivity index is 2.32. The standard InChI is InChI=1S/C13H14BrFN2OS/c1-7-13(2,3-4-18-7)17-11-5-8(14)9(15)6-10(11)16-12(17)19/h5-7H,3-4H2,1-2H3,(H,16,19). The van der Waals surface area contributed by atoms with Crippen molar-refractivity contribution in [1.82, 2.24) is 9.55 Å². The fraction of sp³-hybridized carbons (Fsp3) is 0.462. The molecule has 0 radical (unpaired) electrons. The van der Waals surface area contributed by atoms with E-state index in [9.17, 15) is 4.39 Å². The molecule has 2 heterocycles. The van der Waals surface area contributed by atoms with Crippen LogP contribution in [0.2, 0.25) is 0 Å². The zero-order chi connectivity index (χ0) is 13.8. The molecule has 0 saturated carbocycles. The second kappa shape index (κ2) is 4.40. The number of halogens is 2. The first kappa shape index (κ1) is 13.3. The Labute approximate surface area is 123 Å². The number of nitrogens with one attached hydrogen (secondary N) is 1. The van der Waals surface area contributed by atoms with Gasteiger partial charge in [0.1, 0.15) is 5.82 Å². The van der Waals surface area contributed by atoms with Crippen LogP contribution in [-0.4, -0.2) is 22.3 Å². The average Bonchev–Trinajstić information content (AvgIpc) is 2.81. The van der Waals surface area contributed by atoms with Gasteiger partial charge < -0.3 is 14.3 Å². The lowest BCUT2D eigenvalue weighted by molar-refractivity contribution is 0.0770. The van der Waals surface area contributed by atoms with E-state index in [1.807, 2.05) is 6.92 Å². The summed E-state index contributed by atoms with van der Waals surface area (Å²) in [5, 5.41) is 0. The van der Waals surface area contributed by atoms with Gasteiger partial charge in [-0.15, -0.1) is 0 Å². The molecule has 3 nitrogen and oxygen atoms in total. The summed E-state index contributed by atoms with van der Waals surface area (Å²) in [7, 11) is 0. The Morgan fingerprint density at radius 1 is 1.58 bits per heavy atom. The zero-order valence-corrected chi connectivity index (χ0v) is 13.1. The number of ether oxygens (including phenoxy) is 1. The molecule has 0 amide bonds. The predicted molar refractivity (Wildman–Crippen MR) is 78.5 cm³/mol. The van der Waals surface area contributed by atoms with Crippen LogP contribution in [-0.2, 0) is 10.3 Å². The largest absolute Gasteiger partial charge is 0.376 e. The summed E-state index contributed by atoms with van der Waals surface area (Å²) in [5.41, 5.74) is 1.41. The minimum absolute atomic E-state index is 0.0713. The average molecular weight is 345 g/mol. The molecular formula is C13H14BrFN2OS. The second-order valence-corrected chi connectivity index (χ2v) is 6.41. The lowest BCUT2D eigenvalue weighted by Crippen LogP contribution is -2.36. The first-order valence-electron chi connectivity index (χ1n) is 6.15. The van der Waals surface area contributed by atoms with Gasteiger partial charge in [-0.05, 0) is 54.5 Å². The van der Waals surface area contributed by atoms with Crippen LogP contribution < -0.4 is 0 Å². The van der Waals surface area contributed by atoms with Gasteiger partial charge in [0, 0.05) is 12.7 Å². The quantitative estimate of drug-likeness (QED) is 0.788. The molecule has 1 aromatic carbocycles. The molecule has 2 aromatic rings. The van der Waals surface area contributed by atoms with Gasteiger partial charge in [-0.25, -0.2) is 4.39 Å². The summed E-state index contributed by atoms with van der Waals surface area (Å²) in [6.07, 6.45) is 0.965. The summed E-state index contributed by atoms with van der Waals surface area (Å²) in [4.78, 5) is 3.08. The number of H-pyrrole nitrogens is 1. The molecule has 0 bridgehead atoms. The number of imidazole rings is 1. The summed E-state index contributed by atoms with van der Waals surface area (Å²) in [6, 6.07) is 3.24. The van der Waals surface area contributed by atoms with E-state index in [1.54, 1.807) is 6.07 Å². The number of hydrogen-bond donors (Lipinski definition) is 1.